The van der Waals surface area contributed by atoms with Gasteiger partial charge in [0.2, 0.25) is 0 Å². The number of hydrogen-bond donors (Lipinski definition) is 3. The summed E-state index contributed by atoms with van der Waals surface area (Å²) in [6, 6.07) is 0.764. The number of hydrogen-bond acceptors (Lipinski definition) is 7. The Morgan fingerprint density at radius 3 is 2.77 bits per heavy atom. The molecule has 1 fully saturated rings. The highest BCUT2D eigenvalue weighted by Gasteiger charge is 2.29. The molecule has 8 nitrogen and oxygen atoms in total. The number of nitrogens with two attached hydrogens (primary N) is 1. The van der Waals surface area contributed by atoms with Crippen LogP contribution in [0.3, 0.4) is 0 Å². The summed E-state index contributed by atoms with van der Waals surface area (Å²) in [5.41, 5.74) is 7.14. The second kappa shape index (κ2) is 8.18. The molecule has 26 heavy (non-hydrogen) atoms. The van der Waals surface area contributed by atoms with E-state index in [2.05, 4.69) is 27.3 Å². The van der Waals surface area contributed by atoms with Gasteiger partial charge >= 0.3 is 6.01 Å². The molecule has 0 spiro atoms. The molecule has 0 radical (unpaired) electrons. The van der Waals surface area contributed by atoms with Gasteiger partial charge in [0.1, 0.15) is 6.10 Å². The Bertz CT molecular complexity index is 726. The fourth-order valence-corrected chi connectivity index (χ4v) is 3.76. The lowest BCUT2D eigenvalue weighted by atomic mass is 9.82. The maximum atomic E-state index is 10.9. The van der Waals surface area contributed by atoms with E-state index in [0.29, 0.717) is 17.4 Å². The number of aromatic nitrogens is 4. The normalized spacial score (nSPS) is 23.1. The maximum absolute atomic E-state index is 10.9. The lowest BCUT2D eigenvalue weighted by Crippen LogP contribution is -2.32. The van der Waals surface area contributed by atoms with E-state index in [1.807, 2.05) is 14.0 Å². The summed E-state index contributed by atoms with van der Waals surface area (Å²) < 4.78 is 7.37. The van der Waals surface area contributed by atoms with Crippen molar-refractivity contribution < 1.29 is 9.84 Å². The van der Waals surface area contributed by atoms with E-state index in [9.17, 15) is 5.11 Å². The highest BCUT2D eigenvalue weighted by atomic mass is 16.5. The van der Waals surface area contributed by atoms with Gasteiger partial charge in [0.05, 0.1) is 18.0 Å². The van der Waals surface area contributed by atoms with Crippen LogP contribution < -0.4 is 15.8 Å². The van der Waals surface area contributed by atoms with Crippen LogP contribution in [0.15, 0.2) is 6.20 Å². The van der Waals surface area contributed by atoms with Gasteiger partial charge in [0.15, 0.2) is 11.5 Å². The molecule has 8 heteroatoms. The second-order valence-corrected chi connectivity index (χ2v) is 7.26. The molecule has 2 aromatic rings. The molecule has 1 saturated carbocycles. The van der Waals surface area contributed by atoms with Crippen molar-refractivity contribution in [3.8, 4) is 6.01 Å². The molecule has 144 valence electrons. The van der Waals surface area contributed by atoms with E-state index in [1.165, 1.54) is 0 Å². The van der Waals surface area contributed by atoms with Crippen molar-refractivity contribution in [1.29, 1.82) is 0 Å². The molecular formula is C18H30N6O2. The third-order valence-corrected chi connectivity index (χ3v) is 5.33. The quantitative estimate of drug-likeness (QED) is 0.691. The Morgan fingerprint density at radius 1 is 1.38 bits per heavy atom. The summed E-state index contributed by atoms with van der Waals surface area (Å²) >= 11 is 0. The summed E-state index contributed by atoms with van der Waals surface area (Å²) in [6.45, 7) is 4.09. The Morgan fingerprint density at radius 2 is 2.12 bits per heavy atom. The molecule has 2 heterocycles. The van der Waals surface area contributed by atoms with Gasteiger partial charge in [-0.15, -0.1) is 5.10 Å². The lowest BCUT2D eigenvalue weighted by molar-refractivity contribution is 0.0735. The molecule has 0 bridgehead atoms. The fraction of sp³-hybridized carbons (Fsp3) is 0.722. The molecule has 2 aromatic heterocycles. The van der Waals surface area contributed by atoms with Crippen LogP contribution >= 0.6 is 0 Å². The summed E-state index contributed by atoms with van der Waals surface area (Å²) in [4.78, 5) is 8.51. The third-order valence-electron chi connectivity index (χ3n) is 5.33. The average Bonchev–Trinajstić information content (AvgIpc) is 3.06. The summed E-state index contributed by atoms with van der Waals surface area (Å²) in [7, 11) is 1.99. The van der Waals surface area contributed by atoms with Gasteiger partial charge in [-0.25, -0.2) is 9.50 Å². The first-order valence-corrected chi connectivity index (χ1v) is 9.56. The Hall–Kier alpha value is -1.93. The highest BCUT2D eigenvalue weighted by molar-refractivity contribution is 5.59. The molecule has 0 aromatic carbocycles. The molecule has 2 atom stereocenters. The van der Waals surface area contributed by atoms with Crippen LogP contribution in [-0.4, -0.2) is 43.9 Å². The molecule has 3 rings (SSSR count). The average molecular weight is 362 g/mol. The summed E-state index contributed by atoms with van der Waals surface area (Å²) in [5, 5.41) is 18.7. The molecule has 0 aliphatic heterocycles. The lowest BCUT2D eigenvalue weighted by Gasteiger charge is -2.30. The number of anilines is 1. The monoisotopic (exact) mass is 362 g/mol. The van der Waals surface area contributed by atoms with E-state index < -0.39 is 6.10 Å². The molecule has 0 amide bonds. The minimum atomic E-state index is -0.627. The van der Waals surface area contributed by atoms with Gasteiger partial charge in [-0.1, -0.05) is 13.3 Å². The van der Waals surface area contributed by atoms with Gasteiger partial charge in [-0.3, -0.25) is 0 Å². The number of aliphatic hydroxyl groups excluding tert-OH is 1. The van der Waals surface area contributed by atoms with Crippen molar-refractivity contribution in [2.45, 2.75) is 70.6 Å². The summed E-state index contributed by atoms with van der Waals surface area (Å²) in [6.07, 6.45) is 7.02. The number of imidazole rings is 1. The number of nitrogen functional groups attached to an aromatic ring is 1. The second-order valence-electron chi connectivity index (χ2n) is 7.26. The summed E-state index contributed by atoms with van der Waals surface area (Å²) in [5.74, 6) is 0.454. The zero-order valence-electron chi connectivity index (χ0n) is 15.9. The van der Waals surface area contributed by atoms with Crippen LogP contribution in [0.1, 0.15) is 64.2 Å². The van der Waals surface area contributed by atoms with Crippen molar-refractivity contribution in [2.24, 2.45) is 5.92 Å². The SMILES string of the molecule is CCC[C@H](C)Oc1nc(N)c2ncc(C(O)C3CCC(NC)CC3)n2n1. The fourth-order valence-electron chi connectivity index (χ4n) is 3.76. The first-order chi connectivity index (χ1) is 12.5. The van der Waals surface area contributed by atoms with Crippen molar-refractivity contribution in [2.75, 3.05) is 12.8 Å². The molecule has 1 unspecified atom stereocenters. The molecule has 0 saturated heterocycles. The van der Waals surface area contributed by atoms with Crippen molar-refractivity contribution in [1.82, 2.24) is 24.9 Å². The van der Waals surface area contributed by atoms with E-state index in [1.54, 1.807) is 10.7 Å². The molecule has 1 aliphatic rings. The maximum Gasteiger partial charge on any atom is 0.336 e. The largest absolute Gasteiger partial charge is 0.459 e. The molecular weight excluding hydrogens is 332 g/mol. The predicted molar refractivity (Wildman–Crippen MR) is 100.0 cm³/mol. The third kappa shape index (κ3) is 3.91. The zero-order chi connectivity index (χ0) is 18.7. The van der Waals surface area contributed by atoms with Crippen LogP contribution in [0.4, 0.5) is 5.82 Å². The standard InChI is InChI=1S/C18H30N6O2/c1-4-5-11(2)26-18-22-16(19)17-21-10-14(24(17)23-18)15(25)12-6-8-13(20-3)9-7-12/h10-13,15,20,25H,4-9H2,1-3H3,(H2,19,22,23)/t11-,12?,13?,15?/m0/s1. The smallest absolute Gasteiger partial charge is 0.336 e. The van der Waals surface area contributed by atoms with Crippen LogP contribution in [0.2, 0.25) is 0 Å². The first kappa shape index (κ1) is 18.8. The molecule has 1 aliphatic carbocycles. The number of nitrogens with zero attached hydrogens (tertiary/aromatic N) is 4. The number of ether oxygens (including phenoxy) is 1. The number of rotatable bonds is 7. The minimum Gasteiger partial charge on any atom is -0.459 e. The Kier molecular flexibility index (Phi) is 5.93. The van der Waals surface area contributed by atoms with Crippen molar-refractivity contribution in [3.63, 3.8) is 0 Å². The van der Waals surface area contributed by atoms with E-state index in [4.69, 9.17) is 10.5 Å². The number of fused-ring (bicyclic) bond motifs is 1. The number of aliphatic hydroxyl groups is 1. The van der Waals surface area contributed by atoms with E-state index in [-0.39, 0.29) is 23.9 Å². The van der Waals surface area contributed by atoms with Crippen LogP contribution in [-0.2, 0) is 0 Å². The van der Waals surface area contributed by atoms with Gasteiger partial charge < -0.3 is 20.9 Å². The predicted octanol–water partition coefficient (Wildman–Crippen LogP) is 2.09. The highest BCUT2D eigenvalue weighted by Crippen LogP contribution is 2.35. The Labute approximate surface area is 154 Å². The van der Waals surface area contributed by atoms with E-state index >= 15 is 0 Å². The van der Waals surface area contributed by atoms with Crippen molar-refractivity contribution >= 4 is 11.5 Å². The van der Waals surface area contributed by atoms with Crippen LogP contribution in [0.25, 0.3) is 5.65 Å². The zero-order valence-corrected chi connectivity index (χ0v) is 15.9. The molecule has 4 N–H and O–H groups in total. The van der Waals surface area contributed by atoms with Crippen LogP contribution in [0, 0.1) is 5.92 Å². The Balaban J connectivity index is 1.83. The number of nitrogens with one attached hydrogen (secondary N) is 1. The topological polar surface area (TPSA) is 111 Å². The van der Waals surface area contributed by atoms with E-state index in [0.717, 1.165) is 38.5 Å². The van der Waals surface area contributed by atoms with Gasteiger partial charge in [-0.05, 0) is 52.0 Å². The van der Waals surface area contributed by atoms with Crippen molar-refractivity contribution in [3.05, 3.63) is 11.9 Å². The van der Waals surface area contributed by atoms with Crippen LogP contribution in [0.5, 0.6) is 6.01 Å². The van der Waals surface area contributed by atoms with Gasteiger partial charge in [0.25, 0.3) is 0 Å². The minimum absolute atomic E-state index is 0.00515. The van der Waals surface area contributed by atoms with Gasteiger partial charge in [0, 0.05) is 6.04 Å². The van der Waals surface area contributed by atoms with Gasteiger partial charge in [-0.2, -0.15) is 4.98 Å². The first-order valence-electron chi connectivity index (χ1n) is 9.56.